The molecule has 2 aromatic rings. The van der Waals surface area contributed by atoms with Crippen molar-refractivity contribution in [3.8, 4) is 0 Å². The predicted octanol–water partition coefficient (Wildman–Crippen LogP) is 3.15. The van der Waals surface area contributed by atoms with Crippen LogP contribution >= 0.6 is 0 Å². The van der Waals surface area contributed by atoms with E-state index in [1.807, 2.05) is 45.0 Å². The van der Waals surface area contributed by atoms with Crippen molar-refractivity contribution in [1.82, 2.24) is 20.5 Å². The number of carbonyl (C=O) groups is 2. The zero-order valence-corrected chi connectivity index (χ0v) is 16.5. The van der Waals surface area contributed by atoms with E-state index in [2.05, 4.69) is 25.8 Å². The van der Waals surface area contributed by atoms with Gasteiger partial charge in [-0.3, -0.25) is 14.9 Å². The van der Waals surface area contributed by atoms with Crippen LogP contribution in [0.15, 0.2) is 30.5 Å². The second-order valence-electron chi connectivity index (χ2n) is 8.17. The molecule has 0 spiro atoms. The van der Waals surface area contributed by atoms with E-state index in [0.29, 0.717) is 11.5 Å². The molecule has 1 unspecified atom stereocenters. The number of carbonyl (C=O) groups excluding carboxylic acids is 2. The molecule has 3 rings (SSSR count). The molecule has 0 aromatic carbocycles. The highest BCUT2D eigenvalue weighted by Gasteiger charge is 2.30. The molecular weight excluding hydrogens is 358 g/mol. The second kappa shape index (κ2) is 8.41. The molecule has 1 aliphatic carbocycles. The number of aromatic nitrogens is 3. The monoisotopic (exact) mass is 385 g/mol. The smallest absolute Gasteiger partial charge is 0.407 e. The van der Waals surface area contributed by atoms with Gasteiger partial charge < -0.3 is 15.4 Å². The number of nitrogens with one attached hydrogen (secondary N) is 3. The number of H-pyrrole nitrogens is 1. The molecule has 3 N–H and O–H groups in total. The van der Waals surface area contributed by atoms with Gasteiger partial charge in [0.2, 0.25) is 5.91 Å². The average molecular weight is 385 g/mol. The van der Waals surface area contributed by atoms with Gasteiger partial charge in [0.1, 0.15) is 6.10 Å². The van der Waals surface area contributed by atoms with Gasteiger partial charge in [-0.25, -0.2) is 4.79 Å². The third-order valence-electron chi connectivity index (χ3n) is 4.51. The summed E-state index contributed by atoms with van der Waals surface area (Å²) in [6, 6.07) is 7.32. The first kappa shape index (κ1) is 19.9. The second-order valence-corrected chi connectivity index (χ2v) is 8.17. The Bertz CT molecular complexity index is 813. The van der Waals surface area contributed by atoms with Gasteiger partial charge in [-0.15, -0.1) is 0 Å². The van der Waals surface area contributed by atoms with Crippen LogP contribution in [0, 0.1) is 0 Å². The van der Waals surface area contributed by atoms with Gasteiger partial charge in [0, 0.05) is 35.1 Å². The van der Waals surface area contributed by atoms with Crippen molar-refractivity contribution in [3.63, 3.8) is 0 Å². The Kier molecular flexibility index (Phi) is 5.96. The fourth-order valence-corrected chi connectivity index (χ4v) is 3.28. The summed E-state index contributed by atoms with van der Waals surface area (Å²) in [5.41, 5.74) is 1.33. The van der Waals surface area contributed by atoms with Crippen molar-refractivity contribution in [2.75, 3.05) is 5.32 Å². The van der Waals surface area contributed by atoms with Crippen LogP contribution in [0.4, 0.5) is 10.6 Å². The fraction of sp³-hybridized carbons (Fsp3) is 0.500. The number of aromatic amines is 1. The Labute approximate surface area is 164 Å². The normalized spacial score (nSPS) is 19.2. The Morgan fingerprint density at radius 3 is 2.82 bits per heavy atom. The molecule has 1 aliphatic rings. The van der Waals surface area contributed by atoms with Gasteiger partial charge in [0.05, 0.1) is 6.42 Å². The third kappa shape index (κ3) is 5.80. The Hall–Kier alpha value is -2.90. The molecule has 8 heteroatoms. The van der Waals surface area contributed by atoms with Crippen molar-refractivity contribution < 1.29 is 14.3 Å². The summed E-state index contributed by atoms with van der Waals surface area (Å²) in [6.07, 6.45) is 3.81. The van der Waals surface area contributed by atoms with Crippen LogP contribution in [0.2, 0.25) is 0 Å². The third-order valence-corrected chi connectivity index (χ3v) is 4.51. The van der Waals surface area contributed by atoms with Gasteiger partial charge in [-0.1, -0.05) is 6.07 Å². The van der Waals surface area contributed by atoms with Crippen LogP contribution in [-0.2, 0) is 16.0 Å². The summed E-state index contributed by atoms with van der Waals surface area (Å²) >= 11 is 0. The Morgan fingerprint density at radius 1 is 1.29 bits per heavy atom. The molecule has 0 radical (unpaired) electrons. The number of anilines is 1. The molecule has 2 heterocycles. The number of rotatable bonds is 5. The number of alkyl carbamates (subject to hydrolysis) is 1. The molecule has 1 saturated carbocycles. The minimum absolute atomic E-state index is 0.113. The molecular formula is C20H27N5O3. The minimum atomic E-state index is -0.384. The van der Waals surface area contributed by atoms with Gasteiger partial charge in [-0.2, -0.15) is 5.10 Å². The highest BCUT2D eigenvalue weighted by atomic mass is 16.6. The summed E-state index contributed by atoms with van der Waals surface area (Å²) in [5, 5.41) is 12.8. The Balaban J connectivity index is 1.49. The topological polar surface area (TPSA) is 109 Å². The maximum Gasteiger partial charge on any atom is 0.407 e. The van der Waals surface area contributed by atoms with E-state index < -0.39 is 0 Å². The molecule has 0 aliphatic heterocycles. The molecule has 8 nitrogen and oxygen atoms in total. The maximum atomic E-state index is 12.1. The number of pyridine rings is 1. The molecule has 2 amide bonds. The van der Waals surface area contributed by atoms with E-state index >= 15 is 0 Å². The number of nitrogens with zero attached hydrogens (tertiary/aromatic N) is 2. The van der Waals surface area contributed by atoms with Crippen molar-refractivity contribution in [3.05, 3.63) is 41.9 Å². The lowest BCUT2D eigenvalue weighted by molar-refractivity contribution is -0.115. The first-order valence-electron chi connectivity index (χ1n) is 9.52. The first-order valence-corrected chi connectivity index (χ1v) is 9.52. The van der Waals surface area contributed by atoms with Gasteiger partial charge in [0.25, 0.3) is 0 Å². The van der Waals surface area contributed by atoms with E-state index in [4.69, 9.17) is 4.74 Å². The molecule has 0 bridgehead atoms. The van der Waals surface area contributed by atoms with Crippen LogP contribution < -0.4 is 10.6 Å². The summed E-state index contributed by atoms with van der Waals surface area (Å²) in [4.78, 5) is 28.2. The van der Waals surface area contributed by atoms with Gasteiger partial charge >= 0.3 is 6.09 Å². The zero-order valence-electron chi connectivity index (χ0n) is 16.5. The lowest BCUT2D eigenvalue weighted by atomic mass is 10.0. The molecule has 1 fully saturated rings. The van der Waals surface area contributed by atoms with E-state index in [-0.39, 0.29) is 36.0 Å². The zero-order chi connectivity index (χ0) is 20.1. The SMILES string of the molecule is CC(C)(C)NC(=O)OC1CC[C@H](c2cc(NC(=O)Cc3ccccn3)n[nH]2)C1. The summed E-state index contributed by atoms with van der Waals surface area (Å²) in [7, 11) is 0. The van der Waals surface area contributed by atoms with Crippen LogP contribution in [0.25, 0.3) is 0 Å². The lowest BCUT2D eigenvalue weighted by Crippen LogP contribution is -2.42. The summed E-state index contributed by atoms with van der Waals surface area (Å²) in [5.74, 6) is 0.551. The van der Waals surface area contributed by atoms with E-state index in [1.54, 1.807) is 6.20 Å². The van der Waals surface area contributed by atoms with E-state index in [1.165, 1.54) is 0 Å². The van der Waals surface area contributed by atoms with Gasteiger partial charge in [0.15, 0.2) is 5.82 Å². The van der Waals surface area contributed by atoms with Crippen molar-refractivity contribution in [1.29, 1.82) is 0 Å². The van der Waals surface area contributed by atoms with Crippen LogP contribution in [0.1, 0.15) is 57.3 Å². The molecule has 150 valence electrons. The van der Waals surface area contributed by atoms with Crippen LogP contribution in [0.3, 0.4) is 0 Å². The number of ether oxygens (including phenoxy) is 1. The van der Waals surface area contributed by atoms with Crippen molar-refractivity contribution in [2.24, 2.45) is 0 Å². The highest BCUT2D eigenvalue weighted by molar-refractivity contribution is 5.91. The number of amides is 2. The largest absolute Gasteiger partial charge is 0.446 e. The standard InChI is InChI=1S/C20H27N5O3/c1-20(2,3)23-19(27)28-15-8-7-13(10-15)16-12-17(25-24-16)22-18(26)11-14-6-4-5-9-21-14/h4-6,9,12-13,15H,7-8,10-11H2,1-3H3,(H,23,27)(H2,22,24,25,26)/t13-,15?/m0/s1. The van der Waals surface area contributed by atoms with Crippen LogP contribution in [0.5, 0.6) is 0 Å². The first-order chi connectivity index (χ1) is 13.3. The van der Waals surface area contributed by atoms with E-state index in [9.17, 15) is 9.59 Å². The molecule has 2 aromatic heterocycles. The quantitative estimate of drug-likeness (QED) is 0.732. The lowest BCUT2D eigenvalue weighted by Gasteiger charge is -2.22. The molecule has 2 atom stereocenters. The predicted molar refractivity (Wildman–Crippen MR) is 105 cm³/mol. The maximum absolute atomic E-state index is 12.1. The Morgan fingerprint density at radius 2 is 2.11 bits per heavy atom. The van der Waals surface area contributed by atoms with E-state index in [0.717, 1.165) is 25.0 Å². The van der Waals surface area contributed by atoms with Crippen molar-refractivity contribution in [2.45, 2.75) is 64.0 Å². The van der Waals surface area contributed by atoms with Crippen LogP contribution in [-0.4, -0.2) is 38.8 Å². The molecule has 0 saturated heterocycles. The number of hydrogen-bond acceptors (Lipinski definition) is 5. The highest BCUT2D eigenvalue weighted by Crippen LogP contribution is 2.35. The molecule has 28 heavy (non-hydrogen) atoms. The fourth-order valence-electron chi connectivity index (χ4n) is 3.28. The summed E-state index contributed by atoms with van der Waals surface area (Å²) in [6.45, 7) is 5.75. The average Bonchev–Trinajstić information content (AvgIpc) is 3.23. The van der Waals surface area contributed by atoms with Crippen molar-refractivity contribution >= 4 is 17.8 Å². The van der Waals surface area contributed by atoms with Gasteiger partial charge in [-0.05, 0) is 52.2 Å². The number of hydrogen-bond donors (Lipinski definition) is 3. The minimum Gasteiger partial charge on any atom is -0.446 e. The summed E-state index contributed by atoms with van der Waals surface area (Å²) < 4.78 is 5.52.